The van der Waals surface area contributed by atoms with Gasteiger partial charge in [0.1, 0.15) is 6.04 Å². The molecule has 0 saturated heterocycles. The molecule has 0 radical (unpaired) electrons. The minimum Gasteiger partial charge on any atom is -0.340 e. The first-order chi connectivity index (χ1) is 12.8. The van der Waals surface area contributed by atoms with Crippen molar-refractivity contribution < 1.29 is 13.6 Å². The van der Waals surface area contributed by atoms with E-state index >= 15 is 0 Å². The molecule has 1 aliphatic rings. The van der Waals surface area contributed by atoms with Gasteiger partial charge in [0.25, 0.3) is 11.8 Å². The molecule has 27 heavy (non-hydrogen) atoms. The van der Waals surface area contributed by atoms with Crippen LogP contribution in [0.4, 0.5) is 8.78 Å². The summed E-state index contributed by atoms with van der Waals surface area (Å²) in [6, 6.07) is 1.74. The molecule has 3 heterocycles. The number of halogens is 3. The lowest BCUT2D eigenvalue weighted by atomic mass is 9.87. The standard InChI is InChI=1S/C17H16F2IN5OS/c18-17(19)5-1-2-11(21)14(17)24-15(26)16-23-12(8-27-16)10-6-22-25-7-9(20)3-4-13(10)25/h3-4,6-8,11,14H,1-2,5,21H2,(H,24,26). The van der Waals surface area contributed by atoms with Gasteiger partial charge in [-0.25, -0.2) is 18.3 Å². The maximum Gasteiger partial charge on any atom is 0.280 e. The Labute approximate surface area is 171 Å². The van der Waals surface area contributed by atoms with Crippen LogP contribution >= 0.6 is 33.9 Å². The predicted molar refractivity (Wildman–Crippen MR) is 107 cm³/mol. The summed E-state index contributed by atoms with van der Waals surface area (Å²) in [6.45, 7) is 0. The zero-order valence-corrected chi connectivity index (χ0v) is 17.0. The number of rotatable bonds is 3. The number of nitrogens with zero attached hydrogens (tertiary/aromatic N) is 3. The Morgan fingerprint density at radius 3 is 3.04 bits per heavy atom. The third kappa shape index (κ3) is 3.57. The fourth-order valence-corrected chi connectivity index (χ4v) is 4.45. The quantitative estimate of drug-likeness (QED) is 0.538. The van der Waals surface area contributed by atoms with Gasteiger partial charge in [-0.3, -0.25) is 4.79 Å². The van der Waals surface area contributed by atoms with E-state index in [0.717, 1.165) is 26.0 Å². The monoisotopic (exact) mass is 503 g/mol. The van der Waals surface area contributed by atoms with Crippen LogP contribution in [-0.2, 0) is 0 Å². The summed E-state index contributed by atoms with van der Waals surface area (Å²) < 4.78 is 31.0. The van der Waals surface area contributed by atoms with Gasteiger partial charge in [-0.2, -0.15) is 5.10 Å². The molecule has 0 aliphatic heterocycles. The minimum absolute atomic E-state index is 0.128. The van der Waals surface area contributed by atoms with Gasteiger partial charge in [-0.05, 0) is 47.6 Å². The Morgan fingerprint density at radius 1 is 1.44 bits per heavy atom. The maximum atomic E-state index is 14.1. The second-order valence-electron chi connectivity index (χ2n) is 6.54. The highest BCUT2D eigenvalue weighted by atomic mass is 127. The van der Waals surface area contributed by atoms with E-state index in [1.165, 1.54) is 0 Å². The number of carbonyl (C=O) groups is 1. The normalized spacial score (nSPS) is 22.1. The van der Waals surface area contributed by atoms with Gasteiger partial charge < -0.3 is 11.1 Å². The van der Waals surface area contributed by atoms with Crippen LogP contribution in [0.25, 0.3) is 16.8 Å². The summed E-state index contributed by atoms with van der Waals surface area (Å²) in [5.41, 5.74) is 8.03. The molecule has 142 valence electrons. The topological polar surface area (TPSA) is 85.3 Å². The summed E-state index contributed by atoms with van der Waals surface area (Å²) in [6.07, 6.45) is 4.11. The highest BCUT2D eigenvalue weighted by Crippen LogP contribution is 2.33. The van der Waals surface area contributed by atoms with Crippen LogP contribution in [0.5, 0.6) is 0 Å². The van der Waals surface area contributed by atoms with Crippen molar-refractivity contribution in [1.29, 1.82) is 0 Å². The van der Waals surface area contributed by atoms with Gasteiger partial charge >= 0.3 is 0 Å². The summed E-state index contributed by atoms with van der Waals surface area (Å²) >= 11 is 3.31. The first-order valence-electron chi connectivity index (χ1n) is 8.38. The number of hydrogen-bond donors (Lipinski definition) is 2. The number of thiazole rings is 1. The number of amides is 1. The highest BCUT2D eigenvalue weighted by molar-refractivity contribution is 14.1. The van der Waals surface area contributed by atoms with Crippen LogP contribution in [-0.4, -0.2) is 38.5 Å². The Morgan fingerprint density at radius 2 is 2.26 bits per heavy atom. The Bertz CT molecular complexity index is 1000. The number of carbonyl (C=O) groups excluding carboxylic acids is 1. The Hall–Kier alpha value is -1.66. The van der Waals surface area contributed by atoms with Gasteiger partial charge in [0, 0.05) is 33.2 Å². The molecule has 3 aromatic heterocycles. The van der Waals surface area contributed by atoms with Crippen molar-refractivity contribution in [2.45, 2.75) is 37.3 Å². The van der Waals surface area contributed by atoms with Gasteiger partial charge in [0.15, 0.2) is 5.01 Å². The zero-order chi connectivity index (χ0) is 19.2. The molecule has 1 fully saturated rings. The largest absolute Gasteiger partial charge is 0.340 e. The number of nitrogens with two attached hydrogens (primary N) is 1. The molecule has 3 N–H and O–H groups in total. The average molecular weight is 503 g/mol. The van der Waals surface area contributed by atoms with Crippen molar-refractivity contribution >= 4 is 45.4 Å². The maximum absolute atomic E-state index is 14.1. The first-order valence-corrected chi connectivity index (χ1v) is 10.3. The van der Waals surface area contributed by atoms with Crippen LogP contribution < -0.4 is 11.1 Å². The molecular formula is C17H16F2IN5OS. The predicted octanol–water partition coefficient (Wildman–Crippen LogP) is 3.31. The lowest BCUT2D eigenvalue weighted by molar-refractivity contribution is -0.0674. The smallest absolute Gasteiger partial charge is 0.280 e. The van der Waals surface area contributed by atoms with Gasteiger partial charge in [0.2, 0.25) is 0 Å². The van der Waals surface area contributed by atoms with Crippen molar-refractivity contribution in [2.24, 2.45) is 5.73 Å². The molecule has 1 saturated carbocycles. The molecule has 2 atom stereocenters. The lowest BCUT2D eigenvalue weighted by Crippen LogP contribution is -2.59. The van der Waals surface area contributed by atoms with E-state index in [9.17, 15) is 13.6 Å². The minimum atomic E-state index is -3.01. The van der Waals surface area contributed by atoms with Crippen molar-refractivity contribution in [3.05, 3.63) is 38.5 Å². The van der Waals surface area contributed by atoms with E-state index in [2.05, 4.69) is 38.0 Å². The van der Waals surface area contributed by atoms with Crippen molar-refractivity contribution in [3.8, 4) is 11.3 Å². The van der Waals surface area contributed by atoms with Crippen molar-refractivity contribution in [1.82, 2.24) is 19.9 Å². The Balaban J connectivity index is 1.57. The second kappa shape index (κ2) is 7.06. The SMILES string of the molecule is NC1CCCC(F)(F)C1NC(=O)c1nc(-c2cnn3cc(I)ccc23)cs1. The molecule has 10 heteroatoms. The van der Waals surface area contributed by atoms with E-state index in [1.807, 2.05) is 18.3 Å². The number of pyridine rings is 1. The number of nitrogens with one attached hydrogen (secondary N) is 1. The number of alkyl halides is 2. The molecule has 0 spiro atoms. The van der Waals surface area contributed by atoms with Crippen LogP contribution in [0.1, 0.15) is 29.1 Å². The highest BCUT2D eigenvalue weighted by Gasteiger charge is 2.46. The van der Waals surface area contributed by atoms with Crippen LogP contribution in [0.2, 0.25) is 0 Å². The number of fused-ring (bicyclic) bond motifs is 1. The third-order valence-electron chi connectivity index (χ3n) is 4.67. The fourth-order valence-electron chi connectivity index (χ4n) is 3.28. The van der Waals surface area contributed by atoms with E-state index in [-0.39, 0.29) is 11.4 Å². The third-order valence-corrected chi connectivity index (χ3v) is 6.15. The molecule has 0 bridgehead atoms. The molecule has 1 amide bonds. The van der Waals surface area contributed by atoms with E-state index in [0.29, 0.717) is 18.5 Å². The van der Waals surface area contributed by atoms with Crippen LogP contribution in [0.3, 0.4) is 0 Å². The van der Waals surface area contributed by atoms with Crippen molar-refractivity contribution in [2.75, 3.05) is 0 Å². The van der Waals surface area contributed by atoms with E-state index in [1.54, 1.807) is 16.1 Å². The second-order valence-corrected chi connectivity index (χ2v) is 8.65. The summed E-state index contributed by atoms with van der Waals surface area (Å²) in [5.74, 6) is -3.63. The molecule has 3 aromatic rings. The average Bonchev–Trinajstić information content (AvgIpc) is 3.24. The van der Waals surface area contributed by atoms with Crippen LogP contribution in [0, 0.1) is 3.57 Å². The van der Waals surface area contributed by atoms with Gasteiger partial charge in [-0.1, -0.05) is 0 Å². The zero-order valence-electron chi connectivity index (χ0n) is 14.0. The molecule has 6 nitrogen and oxygen atoms in total. The summed E-state index contributed by atoms with van der Waals surface area (Å²) in [7, 11) is 0. The Kier molecular flexibility index (Phi) is 4.89. The molecular weight excluding hydrogens is 487 g/mol. The molecule has 4 rings (SSSR count). The molecule has 2 unspecified atom stereocenters. The number of aromatic nitrogens is 3. The first kappa shape index (κ1) is 18.7. The van der Waals surface area contributed by atoms with E-state index in [4.69, 9.17) is 5.73 Å². The lowest BCUT2D eigenvalue weighted by Gasteiger charge is -2.36. The van der Waals surface area contributed by atoms with E-state index < -0.39 is 23.9 Å². The summed E-state index contributed by atoms with van der Waals surface area (Å²) in [5, 5.41) is 8.54. The summed E-state index contributed by atoms with van der Waals surface area (Å²) in [4.78, 5) is 16.8. The van der Waals surface area contributed by atoms with Crippen molar-refractivity contribution in [3.63, 3.8) is 0 Å². The fraction of sp³-hybridized carbons (Fsp3) is 0.353. The van der Waals surface area contributed by atoms with Crippen LogP contribution in [0.15, 0.2) is 29.9 Å². The van der Waals surface area contributed by atoms with Gasteiger partial charge in [0.05, 0.1) is 17.4 Å². The molecule has 0 aromatic carbocycles. The number of hydrogen-bond acceptors (Lipinski definition) is 5. The van der Waals surface area contributed by atoms with Gasteiger partial charge in [-0.15, -0.1) is 11.3 Å². The molecule has 1 aliphatic carbocycles.